The molecule has 1 fully saturated rings. The number of benzene rings is 2. The van der Waals surface area contributed by atoms with Gasteiger partial charge in [-0.25, -0.2) is 0 Å². The predicted octanol–water partition coefficient (Wildman–Crippen LogP) is 3.78. The highest BCUT2D eigenvalue weighted by Crippen LogP contribution is 2.31. The van der Waals surface area contributed by atoms with Crippen molar-refractivity contribution in [2.75, 3.05) is 26.0 Å². The molecule has 0 radical (unpaired) electrons. The third kappa shape index (κ3) is 4.37. The molecule has 5 nitrogen and oxygen atoms in total. The van der Waals surface area contributed by atoms with Gasteiger partial charge in [0.2, 0.25) is 0 Å². The standard InChI is InChI=1S/C21H26ClN3O2/c1-14-18(9-10-25(14)13-15-7-5-4-6-8-15)24-21(26)16-11-17(22)19(23-2)12-20(16)27-3/h4-8,11-12,14,18,23H,9-10,13H2,1-3H3,(H,24,26)/t14-,18-/m1/s1. The number of methoxy groups -OCH3 is 1. The Kier molecular flexibility index (Phi) is 6.24. The maximum absolute atomic E-state index is 12.9. The molecule has 27 heavy (non-hydrogen) atoms. The summed E-state index contributed by atoms with van der Waals surface area (Å²) in [6, 6.07) is 14.2. The fourth-order valence-electron chi connectivity index (χ4n) is 3.58. The average molecular weight is 388 g/mol. The van der Waals surface area contributed by atoms with Crippen molar-refractivity contribution in [1.82, 2.24) is 10.2 Å². The lowest BCUT2D eigenvalue weighted by molar-refractivity contribution is 0.0924. The highest BCUT2D eigenvalue weighted by molar-refractivity contribution is 6.33. The van der Waals surface area contributed by atoms with E-state index < -0.39 is 0 Å². The van der Waals surface area contributed by atoms with Gasteiger partial charge in [0.05, 0.1) is 23.4 Å². The molecule has 144 valence electrons. The molecular weight excluding hydrogens is 362 g/mol. The molecule has 0 spiro atoms. The minimum Gasteiger partial charge on any atom is -0.496 e. The summed E-state index contributed by atoms with van der Waals surface area (Å²) < 4.78 is 5.39. The Balaban J connectivity index is 1.69. The van der Waals surface area contributed by atoms with Crippen LogP contribution < -0.4 is 15.4 Å². The van der Waals surface area contributed by atoms with Crippen LogP contribution in [0.3, 0.4) is 0 Å². The topological polar surface area (TPSA) is 53.6 Å². The van der Waals surface area contributed by atoms with Crippen LogP contribution in [-0.4, -0.2) is 43.6 Å². The Morgan fingerprint density at radius 1 is 1.30 bits per heavy atom. The second-order valence-corrected chi connectivity index (χ2v) is 7.25. The summed E-state index contributed by atoms with van der Waals surface area (Å²) in [5.74, 6) is 0.350. The number of likely N-dealkylation sites (tertiary alicyclic amines) is 1. The van der Waals surface area contributed by atoms with Crippen LogP contribution >= 0.6 is 11.6 Å². The quantitative estimate of drug-likeness (QED) is 0.792. The van der Waals surface area contributed by atoms with Crippen molar-refractivity contribution in [1.29, 1.82) is 0 Å². The highest BCUT2D eigenvalue weighted by Gasteiger charge is 2.32. The predicted molar refractivity (Wildman–Crippen MR) is 110 cm³/mol. The molecule has 0 bridgehead atoms. The smallest absolute Gasteiger partial charge is 0.255 e. The highest BCUT2D eigenvalue weighted by atomic mass is 35.5. The fourth-order valence-corrected chi connectivity index (χ4v) is 3.83. The molecule has 0 unspecified atom stereocenters. The summed E-state index contributed by atoms with van der Waals surface area (Å²) in [6.45, 7) is 4.01. The first-order valence-electron chi connectivity index (χ1n) is 9.17. The summed E-state index contributed by atoms with van der Waals surface area (Å²) in [7, 11) is 3.33. The molecule has 1 amide bonds. The zero-order valence-electron chi connectivity index (χ0n) is 16.0. The monoisotopic (exact) mass is 387 g/mol. The lowest BCUT2D eigenvalue weighted by atomic mass is 10.1. The van der Waals surface area contributed by atoms with Gasteiger partial charge in [-0.2, -0.15) is 0 Å². The van der Waals surface area contributed by atoms with E-state index in [1.807, 2.05) is 6.07 Å². The first-order chi connectivity index (χ1) is 13.0. The fraction of sp³-hybridized carbons (Fsp3) is 0.381. The van der Waals surface area contributed by atoms with Crippen molar-refractivity contribution in [2.24, 2.45) is 0 Å². The number of amides is 1. The van der Waals surface area contributed by atoms with Gasteiger partial charge in [0.25, 0.3) is 5.91 Å². The number of halogens is 1. The summed E-state index contributed by atoms with van der Waals surface area (Å²) in [5, 5.41) is 6.65. The third-order valence-electron chi connectivity index (χ3n) is 5.23. The lowest BCUT2D eigenvalue weighted by Crippen LogP contribution is -2.43. The van der Waals surface area contributed by atoms with E-state index in [0.717, 1.165) is 25.2 Å². The van der Waals surface area contributed by atoms with E-state index >= 15 is 0 Å². The van der Waals surface area contributed by atoms with Crippen LogP contribution in [0.1, 0.15) is 29.3 Å². The molecule has 1 aliphatic heterocycles. The second-order valence-electron chi connectivity index (χ2n) is 6.85. The van der Waals surface area contributed by atoms with Gasteiger partial charge in [-0.1, -0.05) is 41.9 Å². The molecule has 1 heterocycles. The lowest BCUT2D eigenvalue weighted by Gasteiger charge is -2.25. The molecule has 2 N–H and O–H groups in total. The van der Waals surface area contributed by atoms with Gasteiger partial charge in [0.15, 0.2) is 0 Å². The summed E-state index contributed by atoms with van der Waals surface area (Å²) in [5.41, 5.74) is 2.47. The molecule has 1 saturated heterocycles. The van der Waals surface area contributed by atoms with E-state index in [0.29, 0.717) is 16.3 Å². The van der Waals surface area contributed by atoms with Crippen molar-refractivity contribution in [3.63, 3.8) is 0 Å². The first kappa shape index (κ1) is 19.5. The zero-order chi connectivity index (χ0) is 19.4. The molecule has 0 saturated carbocycles. The van der Waals surface area contributed by atoms with Gasteiger partial charge in [-0.15, -0.1) is 0 Å². The van der Waals surface area contributed by atoms with Crippen LogP contribution in [0.4, 0.5) is 5.69 Å². The SMILES string of the molecule is CNc1cc(OC)c(C(=O)N[C@@H]2CCN(Cc3ccccc3)[C@@H]2C)cc1Cl. The molecule has 0 aliphatic carbocycles. The Bertz CT molecular complexity index is 798. The Morgan fingerprint density at radius 2 is 2.04 bits per heavy atom. The number of hydrogen-bond donors (Lipinski definition) is 2. The normalized spacial score (nSPS) is 19.7. The van der Waals surface area contributed by atoms with E-state index in [1.165, 1.54) is 5.56 Å². The van der Waals surface area contributed by atoms with Crippen molar-refractivity contribution >= 4 is 23.2 Å². The molecule has 6 heteroatoms. The second kappa shape index (κ2) is 8.63. The van der Waals surface area contributed by atoms with Gasteiger partial charge in [0.1, 0.15) is 5.75 Å². The molecule has 1 aliphatic rings. The minimum absolute atomic E-state index is 0.0914. The van der Waals surface area contributed by atoms with Crippen molar-refractivity contribution in [3.8, 4) is 5.75 Å². The zero-order valence-corrected chi connectivity index (χ0v) is 16.7. The number of carbonyl (C=O) groups is 1. The van der Waals surface area contributed by atoms with Crippen LogP contribution in [0.5, 0.6) is 5.75 Å². The van der Waals surface area contributed by atoms with E-state index in [2.05, 4.69) is 46.7 Å². The van der Waals surface area contributed by atoms with E-state index in [9.17, 15) is 4.79 Å². The molecule has 2 aromatic carbocycles. The van der Waals surface area contributed by atoms with Gasteiger partial charge >= 0.3 is 0 Å². The Labute approximate surface area is 165 Å². The Morgan fingerprint density at radius 3 is 2.70 bits per heavy atom. The van der Waals surface area contributed by atoms with Crippen LogP contribution in [0.2, 0.25) is 5.02 Å². The number of nitrogens with zero attached hydrogens (tertiary/aromatic N) is 1. The molecule has 2 aromatic rings. The molecule has 3 rings (SSSR count). The largest absolute Gasteiger partial charge is 0.496 e. The molecule has 2 atom stereocenters. The van der Waals surface area contributed by atoms with Gasteiger partial charge in [0, 0.05) is 38.3 Å². The third-order valence-corrected chi connectivity index (χ3v) is 5.55. The van der Waals surface area contributed by atoms with Crippen LogP contribution in [0.15, 0.2) is 42.5 Å². The number of rotatable bonds is 6. The number of nitrogens with one attached hydrogen (secondary N) is 2. The average Bonchev–Trinajstić information content (AvgIpc) is 3.02. The number of ether oxygens (including phenoxy) is 1. The first-order valence-corrected chi connectivity index (χ1v) is 9.55. The molecular formula is C21H26ClN3O2. The van der Waals surface area contributed by atoms with Gasteiger partial charge in [-0.05, 0) is 25.0 Å². The van der Waals surface area contributed by atoms with Gasteiger partial charge in [-0.3, -0.25) is 9.69 Å². The summed E-state index contributed by atoms with van der Waals surface area (Å²) in [4.78, 5) is 15.3. The number of carbonyl (C=O) groups excluding carboxylic acids is 1. The van der Waals surface area contributed by atoms with Crippen LogP contribution in [0, 0.1) is 0 Å². The number of anilines is 1. The van der Waals surface area contributed by atoms with Crippen molar-refractivity contribution in [2.45, 2.75) is 32.0 Å². The van der Waals surface area contributed by atoms with E-state index in [-0.39, 0.29) is 18.0 Å². The van der Waals surface area contributed by atoms with Crippen LogP contribution in [-0.2, 0) is 6.54 Å². The Hall–Kier alpha value is -2.24. The van der Waals surface area contributed by atoms with E-state index in [4.69, 9.17) is 16.3 Å². The summed E-state index contributed by atoms with van der Waals surface area (Å²) in [6.07, 6.45) is 0.921. The van der Waals surface area contributed by atoms with E-state index in [1.54, 1.807) is 26.3 Å². The maximum Gasteiger partial charge on any atom is 0.255 e. The van der Waals surface area contributed by atoms with Gasteiger partial charge < -0.3 is 15.4 Å². The van der Waals surface area contributed by atoms with Crippen molar-refractivity contribution < 1.29 is 9.53 Å². The summed E-state index contributed by atoms with van der Waals surface area (Å²) >= 11 is 6.26. The molecule has 0 aromatic heterocycles. The number of hydrogen-bond acceptors (Lipinski definition) is 4. The minimum atomic E-state index is -0.158. The van der Waals surface area contributed by atoms with Crippen molar-refractivity contribution in [3.05, 3.63) is 58.6 Å². The van der Waals surface area contributed by atoms with Crippen LogP contribution in [0.25, 0.3) is 0 Å². The maximum atomic E-state index is 12.9.